The summed E-state index contributed by atoms with van der Waals surface area (Å²) in [6.07, 6.45) is 0. The molecule has 1 atom stereocenters. The first-order valence-corrected chi connectivity index (χ1v) is 6.94. The monoisotopic (exact) mass is 285 g/mol. The maximum atomic E-state index is 12.0. The van der Waals surface area contributed by atoms with Crippen LogP contribution >= 0.6 is 0 Å². The molecule has 5 heteroatoms. The Bertz CT molecular complexity index is 650. The molecule has 0 radical (unpaired) electrons. The van der Waals surface area contributed by atoms with Crippen LogP contribution in [0.5, 0.6) is 0 Å². The summed E-state index contributed by atoms with van der Waals surface area (Å²) < 4.78 is 0. The number of likely N-dealkylation sites (N-methyl/N-ethyl adjacent to an activating group) is 1. The SMILES string of the molecule is CCNC(=O)[C@@H](C)NC(=O)Nc1cccc2ccccc12. The summed E-state index contributed by atoms with van der Waals surface area (Å²) in [5.41, 5.74) is 0.716. The van der Waals surface area contributed by atoms with Crippen molar-refractivity contribution in [3.05, 3.63) is 42.5 Å². The number of anilines is 1. The van der Waals surface area contributed by atoms with Crippen molar-refractivity contribution < 1.29 is 9.59 Å². The van der Waals surface area contributed by atoms with Crippen molar-refractivity contribution in [3.63, 3.8) is 0 Å². The molecule has 0 fully saturated rings. The van der Waals surface area contributed by atoms with E-state index in [4.69, 9.17) is 0 Å². The van der Waals surface area contributed by atoms with Crippen molar-refractivity contribution in [2.45, 2.75) is 19.9 Å². The van der Waals surface area contributed by atoms with Crippen LogP contribution in [0.2, 0.25) is 0 Å². The zero-order chi connectivity index (χ0) is 15.2. The largest absolute Gasteiger partial charge is 0.355 e. The Morgan fingerprint density at radius 2 is 1.81 bits per heavy atom. The van der Waals surface area contributed by atoms with Gasteiger partial charge in [-0.3, -0.25) is 4.79 Å². The molecule has 2 rings (SSSR count). The third-order valence-electron chi connectivity index (χ3n) is 3.13. The predicted octanol–water partition coefficient (Wildman–Crippen LogP) is 2.49. The minimum atomic E-state index is -0.583. The molecule has 2 aromatic carbocycles. The van der Waals surface area contributed by atoms with Gasteiger partial charge in [0.2, 0.25) is 5.91 Å². The highest BCUT2D eigenvalue weighted by Gasteiger charge is 2.14. The standard InChI is InChI=1S/C16H19N3O2/c1-3-17-15(20)11(2)18-16(21)19-14-10-6-8-12-7-4-5-9-13(12)14/h4-11H,3H2,1-2H3,(H,17,20)(H2,18,19,21)/t11-/m1/s1. The maximum absolute atomic E-state index is 12.0. The molecule has 3 amide bonds. The smallest absolute Gasteiger partial charge is 0.319 e. The summed E-state index contributed by atoms with van der Waals surface area (Å²) in [7, 11) is 0. The summed E-state index contributed by atoms with van der Waals surface area (Å²) in [5.74, 6) is -0.203. The van der Waals surface area contributed by atoms with E-state index < -0.39 is 12.1 Å². The highest BCUT2D eigenvalue weighted by atomic mass is 16.2. The van der Waals surface area contributed by atoms with E-state index in [1.165, 1.54) is 0 Å². The van der Waals surface area contributed by atoms with Gasteiger partial charge in [0.25, 0.3) is 0 Å². The van der Waals surface area contributed by atoms with Crippen molar-refractivity contribution >= 4 is 28.4 Å². The number of hydrogen-bond donors (Lipinski definition) is 3. The number of carbonyl (C=O) groups excluding carboxylic acids is 2. The molecule has 21 heavy (non-hydrogen) atoms. The number of benzene rings is 2. The van der Waals surface area contributed by atoms with E-state index >= 15 is 0 Å². The van der Waals surface area contributed by atoms with Crippen molar-refractivity contribution in [2.24, 2.45) is 0 Å². The number of urea groups is 1. The second-order valence-electron chi connectivity index (χ2n) is 4.74. The molecule has 0 saturated heterocycles. The summed E-state index contributed by atoms with van der Waals surface area (Å²) in [4.78, 5) is 23.6. The van der Waals surface area contributed by atoms with Crippen LogP contribution in [0.25, 0.3) is 10.8 Å². The molecular weight excluding hydrogens is 266 g/mol. The van der Waals surface area contributed by atoms with Crippen LogP contribution in [0.15, 0.2) is 42.5 Å². The fraction of sp³-hybridized carbons (Fsp3) is 0.250. The fourth-order valence-electron chi connectivity index (χ4n) is 2.08. The first-order chi connectivity index (χ1) is 10.1. The van der Waals surface area contributed by atoms with Gasteiger partial charge < -0.3 is 16.0 Å². The predicted molar refractivity (Wildman–Crippen MR) is 84.2 cm³/mol. The molecule has 0 spiro atoms. The zero-order valence-electron chi connectivity index (χ0n) is 12.1. The average molecular weight is 285 g/mol. The van der Waals surface area contributed by atoms with Crippen LogP contribution in [-0.4, -0.2) is 24.5 Å². The molecule has 110 valence electrons. The lowest BCUT2D eigenvalue weighted by Gasteiger charge is -2.15. The summed E-state index contributed by atoms with van der Waals surface area (Å²) in [6, 6.07) is 12.5. The average Bonchev–Trinajstić information content (AvgIpc) is 2.47. The van der Waals surface area contributed by atoms with Crippen LogP contribution in [-0.2, 0) is 4.79 Å². The molecule has 0 aliphatic rings. The normalized spacial score (nSPS) is 11.7. The molecule has 0 saturated carbocycles. The lowest BCUT2D eigenvalue weighted by atomic mass is 10.1. The van der Waals surface area contributed by atoms with Crippen molar-refractivity contribution in [1.82, 2.24) is 10.6 Å². The van der Waals surface area contributed by atoms with Gasteiger partial charge in [-0.15, -0.1) is 0 Å². The van der Waals surface area contributed by atoms with Gasteiger partial charge in [-0.25, -0.2) is 4.79 Å². The Labute approximate surface area is 123 Å². The molecule has 0 unspecified atom stereocenters. The molecule has 2 aromatic rings. The zero-order valence-corrected chi connectivity index (χ0v) is 12.1. The minimum Gasteiger partial charge on any atom is -0.355 e. The molecule has 0 heterocycles. The van der Waals surface area contributed by atoms with E-state index in [9.17, 15) is 9.59 Å². The maximum Gasteiger partial charge on any atom is 0.319 e. The lowest BCUT2D eigenvalue weighted by Crippen LogP contribution is -2.46. The Morgan fingerprint density at radius 1 is 1.10 bits per heavy atom. The van der Waals surface area contributed by atoms with E-state index in [1.54, 1.807) is 6.92 Å². The number of carbonyl (C=O) groups is 2. The molecule has 0 bridgehead atoms. The van der Waals surface area contributed by atoms with Crippen LogP contribution in [0.4, 0.5) is 10.5 Å². The fourth-order valence-corrected chi connectivity index (χ4v) is 2.08. The molecule has 0 aliphatic carbocycles. The second-order valence-corrected chi connectivity index (χ2v) is 4.74. The number of nitrogens with one attached hydrogen (secondary N) is 3. The minimum absolute atomic E-state index is 0.203. The topological polar surface area (TPSA) is 70.2 Å². The molecule has 5 nitrogen and oxygen atoms in total. The number of fused-ring (bicyclic) bond motifs is 1. The van der Waals surface area contributed by atoms with E-state index in [0.29, 0.717) is 12.2 Å². The second kappa shape index (κ2) is 6.74. The van der Waals surface area contributed by atoms with Gasteiger partial charge in [-0.1, -0.05) is 36.4 Å². The lowest BCUT2D eigenvalue weighted by molar-refractivity contribution is -0.122. The van der Waals surface area contributed by atoms with Gasteiger partial charge in [0.15, 0.2) is 0 Å². The van der Waals surface area contributed by atoms with E-state index in [0.717, 1.165) is 10.8 Å². The van der Waals surface area contributed by atoms with E-state index in [-0.39, 0.29) is 5.91 Å². The molecule has 3 N–H and O–H groups in total. The number of hydrogen-bond acceptors (Lipinski definition) is 2. The highest BCUT2D eigenvalue weighted by Crippen LogP contribution is 2.22. The summed E-state index contributed by atoms with van der Waals surface area (Å²) >= 11 is 0. The quantitative estimate of drug-likeness (QED) is 0.807. The van der Waals surface area contributed by atoms with Gasteiger partial charge in [0.05, 0.1) is 5.69 Å². The van der Waals surface area contributed by atoms with Crippen LogP contribution in [0.3, 0.4) is 0 Å². The molecule has 0 aromatic heterocycles. The van der Waals surface area contributed by atoms with Crippen LogP contribution in [0, 0.1) is 0 Å². The summed E-state index contributed by atoms with van der Waals surface area (Å²) in [6.45, 7) is 4.02. The van der Waals surface area contributed by atoms with Gasteiger partial charge in [0, 0.05) is 11.9 Å². The van der Waals surface area contributed by atoms with E-state index in [2.05, 4.69) is 16.0 Å². The number of rotatable bonds is 4. The molecular formula is C16H19N3O2. The van der Waals surface area contributed by atoms with Gasteiger partial charge in [-0.2, -0.15) is 0 Å². The number of amides is 3. The van der Waals surface area contributed by atoms with Crippen molar-refractivity contribution in [2.75, 3.05) is 11.9 Å². The Balaban J connectivity index is 2.06. The Hall–Kier alpha value is -2.56. The summed E-state index contributed by atoms with van der Waals surface area (Å²) in [5, 5.41) is 10.1. The molecule has 0 aliphatic heterocycles. The van der Waals surface area contributed by atoms with Gasteiger partial charge in [0.1, 0.15) is 6.04 Å². The van der Waals surface area contributed by atoms with Crippen LogP contribution < -0.4 is 16.0 Å². The van der Waals surface area contributed by atoms with Crippen molar-refractivity contribution in [3.8, 4) is 0 Å². The van der Waals surface area contributed by atoms with Gasteiger partial charge >= 0.3 is 6.03 Å². The van der Waals surface area contributed by atoms with E-state index in [1.807, 2.05) is 49.4 Å². The highest BCUT2D eigenvalue weighted by molar-refractivity contribution is 6.02. The van der Waals surface area contributed by atoms with Crippen molar-refractivity contribution in [1.29, 1.82) is 0 Å². The van der Waals surface area contributed by atoms with Crippen LogP contribution in [0.1, 0.15) is 13.8 Å². The first-order valence-electron chi connectivity index (χ1n) is 6.94. The Morgan fingerprint density at radius 3 is 2.57 bits per heavy atom. The third-order valence-corrected chi connectivity index (χ3v) is 3.13. The Kier molecular flexibility index (Phi) is 4.77. The third kappa shape index (κ3) is 3.72. The first kappa shape index (κ1) is 14.8. The van der Waals surface area contributed by atoms with Gasteiger partial charge in [-0.05, 0) is 25.3 Å².